The Hall–Kier alpha value is -3.67. The number of fused-ring (bicyclic) bond motifs is 2. The Morgan fingerprint density at radius 2 is 1.70 bits per heavy atom. The first kappa shape index (κ1) is 16.8. The largest absolute Gasteiger partial charge is 0.507 e. The van der Waals surface area contributed by atoms with Gasteiger partial charge in [-0.3, -0.25) is 19.3 Å². The van der Waals surface area contributed by atoms with Crippen LogP contribution in [-0.2, 0) is 0 Å². The Bertz CT molecular complexity index is 1120. The second kappa shape index (κ2) is 6.25. The molecular weight excluding hydrogens is 344 g/mol. The minimum atomic E-state index is -0.554. The lowest BCUT2D eigenvalue weighted by Gasteiger charge is -2.11. The van der Waals surface area contributed by atoms with Crippen molar-refractivity contribution in [2.24, 2.45) is 0 Å². The minimum absolute atomic E-state index is 0.0930. The Labute approximate surface area is 155 Å². The normalized spacial score (nSPS) is 13.1. The van der Waals surface area contributed by atoms with Crippen LogP contribution in [0.5, 0.6) is 5.75 Å². The van der Waals surface area contributed by atoms with Crippen molar-refractivity contribution in [1.29, 1.82) is 0 Å². The molecule has 0 spiro atoms. The Balaban J connectivity index is 1.73. The third-order valence-electron chi connectivity index (χ3n) is 4.67. The molecule has 1 heterocycles. The summed E-state index contributed by atoms with van der Waals surface area (Å²) in [4.78, 5) is 38.7. The van der Waals surface area contributed by atoms with E-state index in [1.54, 1.807) is 31.2 Å². The number of carbonyl (C=O) groups is 3. The van der Waals surface area contributed by atoms with Crippen LogP contribution in [0, 0.1) is 0 Å². The summed E-state index contributed by atoms with van der Waals surface area (Å²) in [5.74, 6) is -1.52. The maximum Gasteiger partial charge on any atom is 0.263 e. The molecule has 0 bridgehead atoms. The first-order chi connectivity index (χ1) is 13.0. The molecule has 0 fully saturated rings. The highest BCUT2D eigenvalue weighted by Gasteiger charge is 2.36. The lowest BCUT2D eigenvalue weighted by atomic mass is 10.0. The lowest BCUT2D eigenvalue weighted by molar-refractivity contribution is 0.0663. The van der Waals surface area contributed by atoms with E-state index in [1.807, 2.05) is 24.3 Å². The zero-order valence-corrected chi connectivity index (χ0v) is 14.5. The number of benzene rings is 3. The smallest absolute Gasteiger partial charge is 0.263 e. The molecule has 0 saturated heterocycles. The Kier molecular flexibility index (Phi) is 3.88. The van der Waals surface area contributed by atoms with Crippen LogP contribution in [0.25, 0.3) is 10.8 Å². The molecule has 0 aromatic heterocycles. The van der Waals surface area contributed by atoms with Gasteiger partial charge < -0.3 is 10.4 Å². The van der Waals surface area contributed by atoms with Gasteiger partial charge >= 0.3 is 0 Å². The van der Waals surface area contributed by atoms with Gasteiger partial charge in [-0.1, -0.05) is 30.3 Å². The number of imide groups is 1. The fraction of sp³-hybridized carbons (Fsp3) is 0.0952. The van der Waals surface area contributed by atoms with E-state index in [2.05, 4.69) is 5.32 Å². The zero-order valence-electron chi connectivity index (χ0n) is 14.5. The van der Waals surface area contributed by atoms with Gasteiger partial charge in [-0.25, -0.2) is 0 Å². The fourth-order valence-corrected chi connectivity index (χ4v) is 3.32. The van der Waals surface area contributed by atoms with E-state index >= 15 is 0 Å². The highest BCUT2D eigenvalue weighted by atomic mass is 16.3. The second-order valence-electron chi connectivity index (χ2n) is 6.25. The second-order valence-corrected chi connectivity index (χ2v) is 6.25. The van der Waals surface area contributed by atoms with Crippen LogP contribution in [-0.4, -0.2) is 34.3 Å². The van der Waals surface area contributed by atoms with Crippen molar-refractivity contribution < 1.29 is 19.5 Å². The molecule has 1 aliphatic heterocycles. The van der Waals surface area contributed by atoms with Crippen molar-refractivity contribution in [3.8, 4) is 5.75 Å². The van der Waals surface area contributed by atoms with Crippen LogP contribution < -0.4 is 5.32 Å². The van der Waals surface area contributed by atoms with E-state index in [0.717, 1.165) is 15.7 Å². The molecule has 0 saturated carbocycles. The van der Waals surface area contributed by atoms with Gasteiger partial charge in [0.1, 0.15) is 5.75 Å². The number of amides is 3. The fourth-order valence-electron chi connectivity index (χ4n) is 3.32. The van der Waals surface area contributed by atoms with Crippen molar-refractivity contribution >= 4 is 34.2 Å². The highest BCUT2D eigenvalue weighted by molar-refractivity contribution is 6.25. The van der Waals surface area contributed by atoms with Crippen molar-refractivity contribution in [2.75, 3.05) is 11.9 Å². The summed E-state index contributed by atoms with van der Waals surface area (Å²) >= 11 is 0. The van der Waals surface area contributed by atoms with E-state index in [0.29, 0.717) is 0 Å². The third-order valence-corrected chi connectivity index (χ3v) is 4.67. The summed E-state index contributed by atoms with van der Waals surface area (Å²) in [7, 11) is 0. The lowest BCUT2D eigenvalue weighted by Crippen LogP contribution is -2.29. The molecule has 2 N–H and O–H groups in total. The molecule has 0 radical (unpaired) electrons. The maximum atomic E-state index is 12.7. The Morgan fingerprint density at radius 3 is 2.41 bits per heavy atom. The van der Waals surface area contributed by atoms with Gasteiger partial charge in [0.2, 0.25) is 0 Å². The zero-order chi connectivity index (χ0) is 19.1. The topological polar surface area (TPSA) is 86.7 Å². The number of nitrogens with one attached hydrogen (secondary N) is 1. The van der Waals surface area contributed by atoms with Gasteiger partial charge in [0, 0.05) is 6.54 Å². The summed E-state index contributed by atoms with van der Waals surface area (Å²) in [6.07, 6.45) is 0. The van der Waals surface area contributed by atoms with Gasteiger partial charge in [-0.15, -0.1) is 0 Å². The molecule has 3 aromatic rings. The summed E-state index contributed by atoms with van der Waals surface area (Å²) < 4.78 is 0. The molecule has 6 nitrogen and oxygen atoms in total. The molecule has 3 amide bonds. The molecule has 1 aliphatic rings. The van der Waals surface area contributed by atoms with Crippen LogP contribution in [0.15, 0.2) is 54.6 Å². The van der Waals surface area contributed by atoms with Crippen LogP contribution in [0.3, 0.4) is 0 Å². The number of aromatic hydroxyl groups is 1. The summed E-state index contributed by atoms with van der Waals surface area (Å²) in [5, 5.41) is 14.5. The number of phenolic OH excluding ortho intramolecular Hbond substituents is 1. The SMILES string of the molecule is CCN1C(=O)c2cccc(NC(=O)c3cc4ccccc4cc3O)c2C1=O. The molecule has 0 aliphatic carbocycles. The average molecular weight is 360 g/mol. The van der Waals surface area contributed by atoms with E-state index in [1.165, 1.54) is 6.07 Å². The van der Waals surface area contributed by atoms with Gasteiger partial charge in [-0.2, -0.15) is 0 Å². The van der Waals surface area contributed by atoms with Crippen LogP contribution in [0.1, 0.15) is 38.0 Å². The number of nitrogens with zero attached hydrogens (tertiary/aromatic N) is 1. The quantitative estimate of drug-likeness (QED) is 0.701. The standard InChI is InChI=1S/C21H16N2O4/c1-2-23-20(26)14-8-5-9-16(18(14)21(23)27)22-19(25)15-10-12-6-3-4-7-13(12)11-17(15)24/h3-11,24H,2H2,1H3,(H,22,25). The molecule has 27 heavy (non-hydrogen) atoms. The van der Waals surface area contributed by atoms with Crippen molar-refractivity contribution in [3.05, 3.63) is 71.3 Å². The summed E-state index contributed by atoms with van der Waals surface area (Å²) in [5.41, 5.74) is 0.787. The predicted octanol–water partition coefficient (Wildman–Crippen LogP) is 3.41. The monoisotopic (exact) mass is 360 g/mol. The molecular formula is C21H16N2O4. The van der Waals surface area contributed by atoms with Crippen molar-refractivity contribution in [2.45, 2.75) is 6.92 Å². The number of hydrogen-bond donors (Lipinski definition) is 2. The van der Waals surface area contributed by atoms with Crippen LogP contribution in [0.4, 0.5) is 5.69 Å². The molecule has 6 heteroatoms. The van der Waals surface area contributed by atoms with Gasteiger partial charge in [0.05, 0.1) is 22.4 Å². The number of phenols is 1. The number of hydrogen-bond acceptors (Lipinski definition) is 4. The van der Waals surface area contributed by atoms with Gasteiger partial charge in [0.25, 0.3) is 17.7 Å². The summed E-state index contributed by atoms with van der Waals surface area (Å²) in [6, 6.07) is 15.2. The van der Waals surface area contributed by atoms with E-state index in [4.69, 9.17) is 0 Å². The molecule has 134 valence electrons. The summed E-state index contributed by atoms with van der Waals surface area (Å²) in [6.45, 7) is 1.97. The maximum absolute atomic E-state index is 12.7. The molecule has 4 rings (SSSR count). The van der Waals surface area contributed by atoms with Crippen molar-refractivity contribution in [1.82, 2.24) is 4.90 Å². The van der Waals surface area contributed by atoms with Crippen molar-refractivity contribution in [3.63, 3.8) is 0 Å². The number of anilines is 1. The van der Waals surface area contributed by atoms with E-state index in [9.17, 15) is 19.5 Å². The third kappa shape index (κ3) is 2.62. The Morgan fingerprint density at radius 1 is 1.00 bits per heavy atom. The van der Waals surface area contributed by atoms with Crippen LogP contribution in [0.2, 0.25) is 0 Å². The van der Waals surface area contributed by atoms with E-state index in [-0.39, 0.29) is 40.6 Å². The molecule has 0 atom stereocenters. The van der Waals surface area contributed by atoms with Gasteiger partial charge in [0.15, 0.2) is 0 Å². The van der Waals surface area contributed by atoms with Gasteiger partial charge in [-0.05, 0) is 42.0 Å². The van der Waals surface area contributed by atoms with E-state index < -0.39 is 11.8 Å². The molecule has 0 unspecified atom stereocenters. The first-order valence-corrected chi connectivity index (χ1v) is 8.53. The number of carbonyl (C=O) groups excluding carboxylic acids is 3. The first-order valence-electron chi connectivity index (χ1n) is 8.53. The number of rotatable bonds is 3. The van der Waals surface area contributed by atoms with Crippen LogP contribution >= 0.6 is 0 Å². The average Bonchev–Trinajstić information content (AvgIpc) is 2.92. The minimum Gasteiger partial charge on any atom is -0.507 e. The molecule has 3 aromatic carbocycles. The highest BCUT2D eigenvalue weighted by Crippen LogP contribution is 2.31. The predicted molar refractivity (Wildman–Crippen MR) is 101 cm³/mol.